The molecule has 4 fully saturated rings. The molecule has 2 N–H and O–H groups in total. The van der Waals surface area contributed by atoms with E-state index in [2.05, 4.69) is 10.7 Å². The van der Waals surface area contributed by atoms with Crippen LogP contribution < -0.4 is 10.7 Å². The number of nitrogens with zero attached hydrogens (tertiary/aromatic N) is 1. The molecule has 0 aromatic carbocycles. The second-order valence-corrected chi connectivity index (χ2v) is 9.49. The number of thioether (sulfide) groups is 1. The molecule has 4 saturated heterocycles. The summed E-state index contributed by atoms with van der Waals surface area (Å²) in [5.41, 5.74) is 2.58. The van der Waals surface area contributed by atoms with Crippen LogP contribution in [0.25, 0.3) is 0 Å². The second kappa shape index (κ2) is 6.79. The van der Waals surface area contributed by atoms with Crippen LogP contribution in [0.4, 0.5) is 0 Å². The van der Waals surface area contributed by atoms with Gasteiger partial charge >= 0.3 is 0 Å². The highest BCUT2D eigenvalue weighted by molar-refractivity contribution is 8.00. The van der Waals surface area contributed by atoms with E-state index in [0.717, 1.165) is 0 Å². The Labute approximate surface area is 167 Å². The first-order chi connectivity index (χ1) is 13.0. The Bertz CT molecular complexity index is 675. The van der Waals surface area contributed by atoms with E-state index in [-0.39, 0.29) is 23.3 Å². The van der Waals surface area contributed by atoms with Gasteiger partial charge in [0.05, 0.1) is 0 Å². The topological polar surface area (TPSA) is 108 Å². The molecule has 4 aliphatic heterocycles. The lowest BCUT2D eigenvalue weighted by atomic mass is 9.99. The van der Waals surface area contributed by atoms with Gasteiger partial charge in [-0.25, -0.2) is 10.4 Å². The van der Waals surface area contributed by atoms with Gasteiger partial charge in [-0.1, -0.05) is 11.8 Å². The molecule has 1 unspecified atom stereocenters. The van der Waals surface area contributed by atoms with Crippen LogP contribution in [-0.2, 0) is 33.3 Å². The first-order valence-corrected chi connectivity index (χ1v) is 10.3. The lowest BCUT2D eigenvalue weighted by Crippen LogP contribution is -2.60. The van der Waals surface area contributed by atoms with Gasteiger partial charge in [0.15, 0.2) is 23.4 Å². The van der Waals surface area contributed by atoms with E-state index in [9.17, 15) is 9.59 Å². The van der Waals surface area contributed by atoms with Crippen molar-refractivity contribution in [1.29, 1.82) is 0 Å². The predicted molar refractivity (Wildman–Crippen MR) is 97.2 cm³/mol. The van der Waals surface area contributed by atoms with E-state index in [4.69, 9.17) is 23.7 Å². The molecule has 28 heavy (non-hydrogen) atoms. The van der Waals surface area contributed by atoms with Crippen molar-refractivity contribution in [1.82, 2.24) is 15.8 Å². The van der Waals surface area contributed by atoms with Gasteiger partial charge < -0.3 is 29.0 Å². The fraction of sp³-hybridized carbons (Fsp3) is 0.882. The number of hydrogen-bond acceptors (Lipinski definition) is 9. The zero-order chi connectivity index (χ0) is 20.4. The molecule has 7 atom stereocenters. The van der Waals surface area contributed by atoms with Crippen molar-refractivity contribution in [3.8, 4) is 0 Å². The largest absolute Gasteiger partial charge is 0.342 e. The number of carbonyl (C=O) groups is 2. The first-order valence-electron chi connectivity index (χ1n) is 9.31. The monoisotopic (exact) mass is 417 g/mol. The van der Waals surface area contributed by atoms with E-state index in [1.165, 1.54) is 30.6 Å². The molecule has 0 aromatic heterocycles. The van der Waals surface area contributed by atoms with E-state index in [1.807, 2.05) is 27.7 Å². The summed E-state index contributed by atoms with van der Waals surface area (Å²) in [4.78, 5) is 23.6. The fourth-order valence-corrected chi connectivity index (χ4v) is 5.39. The molecule has 0 aromatic rings. The average molecular weight is 417 g/mol. The Morgan fingerprint density at radius 1 is 0.929 bits per heavy atom. The molecule has 10 nitrogen and oxygen atoms in total. The van der Waals surface area contributed by atoms with Gasteiger partial charge in [-0.05, 0) is 27.7 Å². The average Bonchev–Trinajstić information content (AvgIpc) is 3.17. The SMILES string of the molecule is CC(=O)NC1S[C@H]([C@H]2O[C@@H]3OC(C)(C)O[C@@H]3[C@H]3OC(C)(C)O[C@H]32)NN1C(C)=O. The van der Waals surface area contributed by atoms with Crippen molar-refractivity contribution < 1.29 is 33.3 Å². The van der Waals surface area contributed by atoms with Gasteiger partial charge in [0.2, 0.25) is 11.8 Å². The molecule has 158 valence electrons. The van der Waals surface area contributed by atoms with Crippen LogP contribution in [0.5, 0.6) is 0 Å². The van der Waals surface area contributed by atoms with E-state index in [1.54, 1.807) is 0 Å². The maximum atomic E-state index is 12.0. The van der Waals surface area contributed by atoms with Crippen molar-refractivity contribution >= 4 is 23.6 Å². The van der Waals surface area contributed by atoms with Gasteiger partial charge in [-0.2, -0.15) is 0 Å². The normalized spacial score (nSPS) is 43.5. The highest BCUT2D eigenvalue weighted by Gasteiger charge is 2.62. The summed E-state index contributed by atoms with van der Waals surface area (Å²) >= 11 is 1.37. The number of amides is 2. The molecule has 0 radical (unpaired) electrons. The molecular formula is C17H27N3O7S. The third-order valence-corrected chi connectivity index (χ3v) is 6.18. The standard InChI is InChI=1S/C17H27N3O7S/c1-7(21)18-15-20(8(2)22)19-13(28-15)11-9-10(25-16(3,4)24-9)12-14(23-11)27-17(5,6)26-12/h9-15,19H,1-6H3,(H,18,21)/t9-,10+,11+,12-,13-,14-,15?/m1/s1. The van der Waals surface area contributed by atoms with Gasteiger partial charge in [-0.3, -0.25) is 9.59 Å². The van der Waals surface area contributed by atoms with E-state index >= 15 is 0 Å². The number of fused-ring (bicyclic) bond motifs is 3. The quantitative estimate of drug-likeness (QED) is 0.653. The van der Waals surface area contributed by atoms with Gasteiger partial charge in [0, 0.05) is 13.8 Å². The molecule has 4 aliphatic rings. The van der Waals surface area contributed by atoms with Crippen molar-refractivity contribution in [2.75, 3.05) is 0 Å². The Balaban J connectivity index is 1.58. The summed E-state index contributed by atoms with van der Waals surface area (Å²) in [6, 6.07) is 0. The molecule has 0 aliphatic carbocycles. The molecule has 4 heterocycles. The summed E-state index contributed by atoms with van der Waals surface area (Å²) in [5, 5.41) is 3.79. The summed E-state index contributed by atoms with van der Waals surface area (Å²) in [6.07, 6.45) is -2.33. The zero-order valence-corrected chi connectivity index (χ0v) is 17.6. The van der Waals surface area contributed by atoms with Crippen molar-refractivity contribution in [2.24, 2.45) is 0 Å². The Morgan fingerprint density at radius 2 is 1.50 bits per heavy atom. The maximum Gasteiger partial charge on any atom is 0.236 e. The van der Waals surface area contributed by atoms with Crippen LogP contribution in [0.1, 0.15) is 41.5 Å². The highest BCUT2D eigenvalue weighted by Crippen LogP contribution is 2.46. The second-order valence-electron chi connectivity index (χ2n) is 8.26. The molecule has 2 amide bonds. The minimum Gasteiger partial charge on any atom is -0.342 e. The van der Waals surface area contributed by atoms with Crippen molar-refractivity contribution in [3.05, 3.63) is 0 Å². The lowest BCUT2D eigenvalue weighted by molar-refractivity contribution is -0.235. The van der Waals surface area contributed by atoms with E-state index < -0.39 is 41.7 Å². The fourth-order valence-electron chi connectivity index (χ4n) is 4.00. The van der Waals surface area contributed by atoms with Gasteiger partial charge in [0.1, 0.15) is 29.8 Å². The number of hydrazine groups is 1. The zero-order valence-electron chi connectivity index (χ0n) is 16.8. The van der Waals surface area contributed by atoms with Crippen molar-refractivity contribution in [3.63, 3.8) is 0 Å². The predicted octanol–water partition coefficient (Wildman–Crippen LogP) is 0.229. The van der Waals surface area contributed by atoms with Gasteiger partial charge in [-0.15, -0.1) is 0 Å². The number of ether oxygens (including phenoxy) is 5. The molecule has 11 heteroatoms. The van der Waals surface area contributed by atoms with E-state index in [0.29, 0.717) is 0 Å². The Hall–Kier alpha value is -0.950. The lowest BCUT2D eigenvalue weighted by Gasteiger charge is -2.39. The van der Waals surface area contributed by atoms with Crippen LogP contribution in [0.2, 0.25) is 0 Å². The maximum absolute atomic E-state index is 12.0. The third-order valence-electron chi connectivity index (χ3n) is 4.93. The number of nitrogens with one attached hydrogen (secondary N) is 2. The van der Waals surface area contributed by atoms with Gasteiger partial charge in [0.25, 0.3) is 0 Å². The molecule has 0 bridgehead atoms. The first kappa shape index (κ1) is 20.3. The molecule has 4 rings (SSSR count). The number of hydrogen-bond donors (Lipinski definition) is 2. The minimum atomic E-state index is -0.803. The van der Waals surface area contributed by atoms with Crippen LogP contribution in [-0.4, -0.2) is 70.0 Å². The number of carbonyl (C=O) groups excluding carboxylic acids is 2. The molecular weight excluding hydrogens is 390 g/mol. The summed E-state index contributed by atoms with van der Waals surface area (Å²) in [5.74, 6) is -2.05. The smallest absolute Gasteiger partial charge is 0.236 e. The van der Waals surface area contributed by atoms with Crippen molar-refractivity contribution in [2.45, 2.75) is 94.7 Å². The summed E-state index contributed by atoms with van der Waals surface area (Å²) < 4.78 is 30.4. The minimum absolute atomic E-state index is 0.218. The van der Waals surface area contributed by atoms with Crippen LogP contribution in [0, 0.1) is 0 Å². The van der Waals surface area contributed by atoms with Crippen LogP contribution >= 0.6 is 11.8 Å². The Morgan fingerprint density at radius 3 is 2.11 bits per heavy atom. The van der Waals surface area contributed by atoms with Crippen LogP contribution in [0.3, 0.4) is 0 Å². The summed E-state index contributed by atoms with van der Waals surface area (Å²) in [6.45, 7) is 10.2. The highest BCUT2D eigenvalue weighted by atomic mass is 32.2. The summed E-state index contributed by atoms with van der Waals surface area (Å²) in [7, 11) is 0. The molecule has 0 saturated carbocycles. The molecule has 0 spiro atoms. The van der Waals surface area contributed by atoms with Crippen LogP contribution in [0.15, 0.2) is 0 Å². The third kappa shape index (κ3) is 3.64. The number of rotatable bonds is 2. The Kier molecular flexibility index (Phi) is 4.93.